The van der Waals surface area contributed by atoms with Gasteiger partial charge < -0.3 is 13.9 Å². The molecule has 0 saturated heterocycles. The first-order valence-corrected chi connectivity index (χ1v) is 11.4. The van der Waals surface area contributed by atoms with Crippen molar-refractivity contribution in [1.82, 2.24) is 20.2 Å². The quantitative estimate of drug-likeness (QED) is 0.211. The molecular formula is C24H23N5O4S. The van der Waals surface area contributed by atoms with Gasteiger partial charge in [0.2, 0.25) is 0 Å². The van der Waals surface area contributed by atoms with Crippen molar-refractivity contribution in [2.24, 2.45) is 5.10 Å². The highest BCUT2D eigenvalue weighted by atomic mass is 32.2. The van der Waals surface area contributed by atoms with Crippen molar-refractivity contribution in [2.75, 3.05) is 20.0 Å². The van der Waals surface area contributed by atoms with E-state index in [4.69, 9.17) is 13.9 Å². The first kappa shape index (κ1) is 23.1. The Morgan fingerprint density at radius 2 is 1.91 bits per heavy atom. The minimum absolute atomic E-state index is 0.122. The van der Waals surface area contributed by atoms with Gasteiger partial charge in [-0.25, -0.2) is 5.43 Å². The molecule has 2 aromatic heterocycles. The summed E-state index contributed by atoms with van der Waals surface area (Å²) in [5, 5.41) is 13.3. The summed E-state index contributed by atoms with van der Waals surface area (Å²) in [7, 11) is 3.21. The molecule has 10 heteroatoms. The van der Waals surface area contributed by atoms with Crippen molar-refractivity contribution in [3.05, 3.63) is 84.1 Å². The van der Waals surface area contributed by atoms with Crippen LogP contribution in [0.4, 0.5) is 0 Å². The Bertz CT molecular complexity index is 1260. The zero-order valence-electron chi connectivity index (χ0n) is 18.7. The molecule has 0 bridgehead atoms. The fourth-order valence-corrected chi connectivity index (χ4v) is 3.98. The molecule has 2 heterocycles. The van der Waals surface area contributed by atoms with Gasteiger partial charge in [-0.3, -0.25) is 9.36 Å². The highest BCUT2D eigenvalue weighted by Crippen LogP contribution is 2.29. The Morgan fingerprint density at radius 1 is 1.09 bits per heavy atom. The Morgan fingerprint density at radius 3 is 2.65 bits per heavy atom. The van der Waals surface area contributed by atoms with Crippen LogP contribution in [0.25, 0.3) is 5.69 Å². The molecule has 0 aliphatic rings. The van der Waals surface area contributed by atoms with Crippen LogP contribution < -0.4 is 14.9 Å². The van der Waals surface area contributed by atoms with E-state index in [-0.39, 0.29) is 11.7 Å². The molecule has 0 spiro atoms. The average molecular weight is 478 g/mol. The van der Waals surface area contributed by atoms with Gasteiger partial charge in [0.1, 0.15) is 11.6 Å². The molecule has 0 fully saturated rings. The van der Waals surface area contributed by atoms with E-state index in [0.29, 0.717) is 28.8 Å². The van der Waals surface area contributed by atoms with Gasteiger partial charge in [0.25, 0.3) is 5.91 Å². The number of hydrogen-bond acceptors (Lipinski definition) is 8. The summed E-state index contributed by atoms with van der Waals surface area (Å²) in [4.78, 5) is 12.3. The summed E-state index contributed by atoms with van der Waals surface area (Å²) in [5.74, 6) is 2.45. The van der Waals surface area contributed by atoms with E-state index in [1.807, 2.05) is 53.1 Å². The number of para-hydroxylation sites is 1. The summed E-state index contributed by atoms with van der Waals surface area (Å²) in [6.07, 6.45) is 3.49. The first-order chi connectivity index (χ1) is 16.7. The molecule has 174 valence electrons. The fourth-order valence-electron chi connectivity index (χ4n) is 3.21. The third-order valence-corrected chi connectivity index (χ3v) is 5.71. The van der Waals surface area contributed by atoms with Crippen LogP contribution in [0.15, 0.2) is 81.6 Å². The van der Waals surface area contributed by atoms with E-state index in [0.717, 1.165) is 17.1 Å². The largest absolute Gasteiger partial charge is 0.493 e. The van der Waals surface area contributed by atoms with Crippen LogP contribution in [0.3, 0.4) is 0 Å². The molecule has 0 aliphatic heterocycles. The number of benzene rings is 2. The molecule has 0 unspecified atom stereocenters. The van der Waals surface area contributed by atoms with Gasteiger partial charge in [0.15, 0.2) is 16.7 Å². The summed E-state index contributed by atoms with van der Waals surface area (Å²) in [6, 6.07) is 19.0. The number of thioether (sulfide) groups is 1. The number of nitrogens with zero attached hydrogens (tertiary/aromatic N) is 4. The fraction of sp³-hybridized carbons (Fsp3) is 0.167. The maximum absolute atomic E-state index is 12.3. The van der Waals surface area contributed by atoms with Crippen LogP contribution in [0.5, 0.6) is 11.5 Å². The second-order valence-corrected chi connectivity index (χ2v) is 7.98. The Hall–Kier alpha value is -4.05. The SMILES string of the molecule is COc1ccc(Cc2nnc(SCC(=O)NN=Cc3ccco3)n2-c2ccccc2)cc1OC. The topological polar surface area (TPSA) is 104 Å². The van der Waals surface area contributed by atoms with Gasteiger partial charge in [-0.1, -0.05) is 36.0 Å². The Labute approximate surface area is 200 Å². The molecule has 0 radical (unpaired) electrons. The molecule has 2 aromatic carbocycles. The Kier molecular flexibility index (Phi) is 7.61. The second-order valence-electron chi connectivity index (χ2n) is 7.03. The van der Waals surface area contributed by atoms with Crippen LogP contribution in [-0.4, -0.2) is 46.9 Å². The lowest BCUT2D eigenvalue weighted by Crippen LogP contribution is -2.20. The molecule has 0 atom stereocenters. The standard InChI is InChI=1S/C24H23N5O4S/c1-31-20-11-10-17(13-21(20)32-2)14-22-26-28-24(29(22)18-7-4-3-5-8-18)34-16-23(30)27-25-15-19-9-6-12-33-19/h3-13,15H,14,16H2,1-2H3,(H,27,30). The van der Waals surface area contributed by atoms with E-state index in [1.165, 1.54) is 24.2 Å². The van der Waals surface area contributed by atoms with E-state index < -0.39 is 0 Å². The molecule has 4 aromatic rings. The number of hydrogen-bond donors (Lipinski definition) is 1. The molecule has 0 saturated carbocycles. The molecule has 1 N–H and O–H groups in total. The van der Waals surface area contributed by atoms with Crippen molar-refractivity contribution in [1.29, 1.82) is 0 Å². The van der Waals surface area contributed by atoms with Crippen LogP contribution >= 0.6 is 11.8 Å². The van der Waals surface area contributed by atoms with Crippen molar-refractivity contribution >= 4 is 23.9 Å². The number of furan rings is 1. The van der Waals surface area contributed by atoms with Gasteiger partial charge >= 0.3 is 0 Å². The predicted octanol–water partition coefficient (Wildman–Crippen LogP) is 3.71. The number of ether oxygens (including phenoxy) is 2. The minimum Gasteiger partial charge on any atom is -0.493 e. The molecule has 9 nitrogen and oxygen atoms in total. The molecule has 4 rings (SSSR count). The van der Waals surface area contributed by atoms with Gasteiger partial charge in [-0.2, -0.15) is 5.10 Å². The van der Waals surface area contributed by atoms with Crippen molar-refractivity contribution < 1.29 is 18.7 Å². The van der Waals surface area contributed by atoms with Crippen molar-refractivity contribution in [3.8, 4) is 17.2 Å². The van der Waals surface area contributed by atoms with E-state index in [1.54, 1.807) is 26.4 Å². The number of amides is 1. The van der Waals surface area contributed by atoms with Gasteiger partial charge in [0, 0.05) is 12.1 Å². The lowest BCUT2D eigenvalue weighted by Gasteiger charge is -2.12. The number of hydrazone groups is 1. The maximum atomic E-state index is 12.3. The summed E-state index contributed by atoms with van der Waals surface area (Å²) >= 11 is 1.28. The number of methoxy groups -OCH3 is 2. The minimum atomic E-state index is -0.267. The molecule has 1 amide bonds. The number of carbonyl (C=O) groups excluding carboxylic acids is 1. The van der Waals surface area contributed by atoms with Gasteiger partial charge in [-0.05, 0) is 42.0 Å². The maximum Gasteiger partial charge on any atom is 0.250 e. The van der Waals surface area contributed by atoms with Crippen LogP contribution in [0, 0.1) is 0 Å². The smallest absolute Gasteiger partial charge is 0.250 e. The second kappa shape index (κ2) is 11.2. The lowest BCUT2D eigenvalue weighted by molar-refractivity contribution is -0.118. The highest BCUT2D eigenvalue weighted by Gasteiger charge is 2.17. The average Bonchev–Trinajstić information content (AvgIpc) is 3.53. The third kappa shape index (κ3) is 5.65. The highest BCUT2D eigenvalue weighted by molar-refractivity contribution is 7.99. The van der Waals surface area contributed by atoms with E-state index >= 15 is 0 Å². The van der Waals surface area contributed by atoms with Gasteiger partial charge in [-0.15, -0.1) is 10.2 Å². The molecule has 34 heavy (non-hydrogen) atoms. The lowest BCUT2D eigenvalue weighted by atomic mass is 10.1. The van der Waals surface area contributed by atoms with Crippen LogP contribution in [0.2, 0.25) is 0 Å². The van der Waals surface area contributed by atoms with E-state index in [2.05, 4.69) is 20.7 Å². The normalized spacial score (nSPS) is 11.0. The zero-order chi connectivity index (χ0) is 23.8. The predicted molar refractivity (Wildman–Crippen MR) is 129 cm³/mol. The summed E-state index contributed by atoms with van der Waals surface area (Å²) in [6.45, 7) is 0. The molecular weight excluding hydrogens is 454 g/mol. The Balaban J connectivity index is 1.51. The molecule has 0 aliphatic carbocycles. The van der Waals surface area contributed by atoms with Crippen molar-refractivity contribution in [2.45, 2.75) is 11.6 Å². The number of rotatable bonds is 10. The van der Waals surface area contributed by atoms with E-state index in [9.17, 15) is 4.79 Å². The van der Waals surface area contributed by atoms with Crippen molar-refractivity contribution in [3.63, 3.8) is 0 Å². The third-order valence-electron chi connectivity index (χ3n) is 4.78. The summed E-state index contributed by atoms with van der Waals surface area (Å²) in [5.41, 5.74) is 4.38. The van der Waals surface area contributed by atoms with Gasteiger partial charge in [0.05, 0.1) is 32.5 Å². The number of nitrogens with one attached hydrogen (secondary N) is 1. The van der Waals surface area contributed by atoms with Crippen LogP contribution in [0.1, 0.15) is 17.1 Å². The first-order valence-electron chi connectivity index (χ1n) is 10.4. The monoisotopic (exact) mass is 477 g/mol. The zero-order valence-corrected chi connectivity index (χ0v) is 19.5. The number of aromatic nitrogens is 3. The van der Waals surface area contributed by atoms with Crippen LogP contribution in [-0.2, 0) is 11.2 Å². The summed E-state index contributed by atoms with van der Waals surface area (Å²) < 4.78 is 17.8. The number of carbonyl (C=O) groups is 1.